The van der Waals surface area contributed by atoms with Gasteiger partial charge in [0.1, 0.15) is 0 Å². The highest BCUT2D eigenvalue weighted by molar-refractivity contribution is 6.05. The highest BCUT2D eigenvalue weighted by Gasteiger charge is 2.18. The third-order valence-corrected chi connectivity index (χ3v) is 6.34. The number of rotatable bonds is 5. The van der Waals surface area contributed by atoms with E-state index in [2.05, 4.69) is 55.5 Å². The SMILES string of the molecule is CC1=CCCN=C2CC=CCC(CCCCC3=CCCCc4ccccc43)=C12. The first-order chi connectivity index (χ1) is 13.8. The van der Waals surface area contributed by atoms with Crippen molar-refractivity contribution in [3.63, 3.8) is 0 Å². The van der Waals surface area contributed by atoms with Crippen molar-refractivity contribution >= 4 is 11.3 Å². The van der Waals surface area contributed by atoms with Gasteiger partial charge in [-0.3, -0.25) is 4.99 Å². The van der Waals surface area contributed by atoms with E-state index >= 15 is 0 Å². The second-order valence-electron chi connectivity index (χ2n) is 8.35. The number of hydrogen-bond acceptors (Lipinski definition) is 1. The van der Waals surface area contributed by atoms with Gasteiger partial charge in [0.2, 0.25) is 0 Å². The van der Waals surface area contributed by atoms with Gasteiger partial charge in [-0.2, -0.15) is 0 Å². The lowest BCUT2D eigenvalue weighted by Gasteiger charge is -2.15. The summed E-state index contributed by atoms with van der Waals surface area (Å²) in [4.78, 5) is 4.89. The molecular weight excluding hydrogens is 338 g/mol. The van der Waals surface area contributed by atoms with Crippen LogP contribution in [0.2, 0.25) is 0 Å². The van der Waals surface area contributed by atoms with Gasteiger partial charge in [-0.1, -0.05) is 54.1 Å². The van der Waals surface area contributed by atoms with Crippen LogP contribution in [0.1, 0.15) is 75.8 Å². The van der Waals surface area contributed by atoms with Crippen LogP contribution in [0.25, 0.3) is 5.57 Å². The van der Waals surface area contributed by atoms with Crippen LogP contribution in [-0.4, -0.2) is 12.3 Å². The Morgan fingerprint density at radius 3 is 2.75 bits per heavy atom. The van der Waals surface area contributed by atoms with Gasteiger partial charge in [-0.25, -0.2) is 0 Å². The number of unbranched alkanes of at least 4 members (excludes halogenated alkanes) is 1. The molecule has 0 aromatic heterocycles. The molecule has 0 fully saturated rings. The molecule has 146 valence electrons. The molecule has 0 unspecified atom stereocenters. The molecule has 0 N–H and O–H groups in total. The van der Waals surface area contributed by atoms with Crippen LogP contribution in [0, 0.1) is 0 Å². The first-order valence-corrected chi connectivity index (χ1v) is 11.2. The molecule has 0 saturated carbocycles. The minimum Gasteiger partial charge on any atom is -0.288 e. The molecule has 0 radical (unpaired) electrons. The molecule has 1 aromatic carbocycles. The highest BCUT2D eigenvalue weighted by atomic mass is 14.7. The van der Waals surface area contributed by atoms with Crippen molar-refractivity contribution in [3.05, 3.63) is 76.4 Å². The molecule has 0 amide bonds. The number of nitrogens with zero attached hydrogens (tertiary/aromatic N) is 1. The quantitative estimate of drug-likeness (QED) is 0.377. The second kappa shape index (κ2) is 9.37. The lowest BCUT2D eigenvalue weighted by Crippen LogP contribution is -2.05. The zero-order chi connectivity index (χ0) is 19.2. The maximum absolute atomic E-state index is 4.89. The molecule has 1 heterocycles. The normalized spacial score (nSPS) is 19.5. The first-order valence-electron chi connectivity index (χ1n) is 11.2. The number of allylic oxidation sites excluding steroid dienone is 7. The maximum atomic E-state index is 4.89. The van der Waals surface area contributed by atoms with E-state index in [4.69, 9.17) is 4.99 Å². The third kappa shape index (κ3) is 4.46. The Morgan fingerprint density at radius 1 is 0.929 bits per heavy atom. The fraction of sp³-hybridized carbons (Fsp3) is 0.444. The molecule has 1 heteroatoms. The topological polar surface area (TPSA) is 12.4 Å². The lowest BCUT2D eigenvalue weighted by atomic mass is 9.90. The Hall–Kier alpha value is -2.15. The van der Waals surface area contributed by atoms with Gasteiger partial charge in [-0.15, -0.1) is 0 Å². The van der Waals surface area contributed by atoms with E-state index in [1.54, 1.807) is 16.7 Å². The molecule has 0 saturated heterocycles. The number of aliphatic imine (C=N–C) groups is 1. The monoisotopic (exact) mass is 371 g/mol. The fourth-order valence-electron chi connectivity index (χ4n) is 4.91. The smallest absolute Gasteiger partial charge is 0.0460 e. The molecule has 1 nitrogen and oxygen atoms in total. The molecular formula is C27H33N. The Balaban J connectivity index is 1.43. The third-order valence-electron chi connectivity index (χ3n) is 6.34. The van der Waals surface area contributed by atoms with Crippen LogP contribution in [-0.2, 0) is 6.42 Å². The second-order valence-corrected chi connectivity index (χ2v) is 8.35. The van der Waals surface area contributed by atoms with E-state index in [9.17, 15) is 0 Å². The van der Waals surface area contributed by atoms with Gasteiger partial charge in [0.05, 0.1) is 0 Å². The average Bonchev–Trinajstić information content (AvgIpc) is 3.12. The van der Waals surface area contributed by atoms with Crippen LogP contribution >= 0.6 is 0 Å². The van der Waals surface area contributed by atoms with Crippen LogP contribution < -0.4 is 0 Å². The number of aryl methyl sites for hydroxylation is 1. The van der Waals surface area contributed by atoms with Crippen LogP contribution in [0.4, 0.5) is 0 Å². The summed E-state index contributed by atoms with van der Waals surface area (Å²) in [7, 11) is 0. The molecule has 0 spiro atoms. The molecule has 3 aliphatic rings. The largest absolute Gasteiger partial charge is 0.288 e. The van der Waals surface area contributed by atoms with Crippen LogP contribution in [0.15, 0.2) is 70.3 Å². The molecule has 1 aromatic rings. The minimum atomic E-state index is 0.949. The predicted octanol–water partition coefficient (Wildman–Crippen LogP) is 7.40. The van der Waals surface area contributed by atoms with Crippen molar-refractivity contribution < 1.29 is 0 Å². The number of hydrogen-bond donors (Lipinski definition) is 0. The summed E-state index contributed by atoms with van der Waals surface area (Å²) in [5.41, 5.74) is 10.5. The van der Waals surface area contributed by atoms with Crippen molar-refractivity contribution in [2.45, 2.75) is 71.1 Å². The highest BCUT2D eigenvalue weighted by Crippen LogP contribution is 2.32. The number of benzene rings is 1. The van der Waals surface area contributed by atoms with Crippen molar-refractivity contribution in [2.75, 3.05) is 6.54 Å². The summed E-state index contributed by atoms with van der Waals surface area (Å²) in [6.45, 7) is 3.24. The summed E-state index contributed by atoms with van der Waals surface area (Å²) in [5, 5.41) is 0. The summed E-state index contributed by atoms with van der Waals surface area (Å²) in [5.74, 6) is 0. The molecule has 1 aliphatic heterocycles. The summed E-state index contributed by atoms with van der Waals surface area (Å²) < 4.78 is 0. The van der Waals surface area contributed by atoms with E-state index in [-0.39, 0.29) is 0 Å². The summed E-state index contributed by atoms with van der Waals surface area (Å²) >= 11 is 0. The molecule has 4 rings (SSSR count). The van der Waals surface area contributed by atoms with Gasteiger partial charge in [0.15, 0.2) is 0 Å². The molecule has 2 aliphatic carbocycles. The van der Waals surface area contributed by atoms with Gasteiger partial charge < -0.3 is 0 Å². The zero-order valence-corrected chi connectivity index (χ0v) is 17.3. The van der Waals surface area contributed by atoms with Gasteiger partial charge >= 0.3 is 0 Å². The van der Waals surface area contributed by atoms with Crippen molar-refractivity contribution in [2.24, 2.45) is 4.99 Å². The van der Waals surface area contributed by atoms with Crippen molar-refractivity contribution in [3.8, 4) is 0 Å². The molecule has 0 bridgehead atoms. The molecule has 28 heavy (non-hydrogen) atoms. The van der Waals surface area contributed by atoms with Gasteiger partial charge in [0, 0.05) is 18.7 Å². The van der Waals surface area contributed by atoms with E-state index in [1.807, 2.05) is 0 Å². The summed E-state index contributed by atoms with van der Waals surface area (Å²) in [6, 6.07) is 9.04. The fourth-order valence-corrected chi connectivity index (χ4v) is 4.91. The average molecular weight is 372 g/mol. The predicted molar refractivity (Wildman–Crippen MR) is 122 cm³/mol. The standard InChI is InChI=1S/C27H33N/c1-21-11-10-20-28-26-19-9-7-17-24(27(21)26)16-5-4-14-22-12-2-3-13-23-15-6-8-18-25(22)23/h6-9,11-12,15,18H,2-5,10,13-14,16-17,19-20H2,1H3. The van der Waals surface area contributed by atoms with Gasteiger partial charge in [0.25, 0.3) is 0 Å². The Bertz CT molecular complexity index is 860. The van der Waals surface area contributed by atoms with E-state index in [1.165, 1.54) is 67.4 Å². The summed E-state index contributed by atoms with van der Waals surface area (Å²) in [6.07, 6.45) is 21.5. The van der Waals surface area contributed by atoms with Gasteiger partial charge in [-0.05, 0) is 92.6 Å². The minimum absolute atomic E-state index is 0.949. The van der Waals surface area contributed by atoms with E-state index in [0.29, 0.717) is 0 Å². The van der Waals surface area contributed by atoms with Crippen LogP contribution in [0.3, 0.4) is 0 Å². The first kappa shape index (κ1) is 19.2. The Labute approximate surface area is 170 Å². The van der Waals surface area contributed by atoms with E-state index < -0.39 is 0 Å². The van der Waals surface area contributed by atoms with Crippen molar-refractivity contribution in [1.82, 2.24) is 0 Å². The Kier molecular flexibility index (Phi) is 6.41. The van der Waals surface area contributed by atoms with Crippen LogP contribution in [0.5, 0.6) is 0 Å². The zero-order valence-electron chi connectivity index (χ0n) is 17.3. The maximum Gasteiger partial charge on any atom is 0.0460 e. The van der Waals surface area contributed by atoms with Crippen molar-refractivity contribution in [1.29, 1.82) is 0 Å². The Morgan fingerprint density at radius 2 is 1.79 bits per heavy atom. The lowest BCUT2D eigenvalue weighted by molar-refractivity contribution is 0.737. The number of fused-ring (bicyclic) bond motifs is 2. The molecule has 0 atom stereocenters. The van der Waals surface area contributed by atoms with E-state index in [0.717, 1.165) is 25.8 Å².